The average Bonchev–Trinajstić information content (AvgIpc) is 3.61. The highest BCUT2D eigenvalue weighted by Crippen LogP contribution is 2.36. The maximum atomic E-state index is 14.1. The zero-order valence-corrected chi connectivity index (χ0v) is 24.4. The quantitative estimate of drug-likeness (QED) is 0.274. The number of benzene rings is 1. The molecule has 0 aliphatic carbocycles. The number of carbonyl (C=O) groups excluding carboxylic acids is 1. The first kappa shape index (κ1) is 26.6. The zero-order valence-electron chi connectivity index (χ0n) is 20.4. The molecule has 1 amide bonds. The summed E-state index contributed by atoms with van der Waals surface area (Å²) in [6, 6.07) is 7.87. The molecule has 0 radical (unpaired) electrons. The summed E-state index contributed by atoms with van der Waals surface area (Å²) in [7, 11) is -3.87. The SMILES string of the molecule is Cc1cc(C)n(CCN(C(=O)C2CCCN2S(=O)(=O)c2ccc(Cl)s2)c2nc3c(C)cc(Cl)cc3s2)n1. The van der Waals surface area contributed by atoms with E-state index in [0.29, 0.717) is 40.4 Å². The van der Waals surface area contributed by atoms with Crippen molar-refractivity contribution in [2.24, 2.45) is 0 Å². The largest absolute Gasteiger partial charge is 0.285 e. The van der Waals surface area contributed by atoms with E-state index in [1.807, 2.05) is 43.7 Å². The van der Waals surface area contributed by atoms with Crippen LogP contribution in [0.15, 0.2) is 34.5 Å². The van der Waals surface area contributed by atoms with Crippen LogP contribution in [0, 0.1) is 20.8 Å². The number of rotatable bonds is 7. The summed E-state index contributed by atoms with van der Waals surface area (Å²) in [5.74, 6) is -0.298. The van der Waals surface area contributed by atoms with Crippen LogP contribution in [-0.4, -0.2) is 52.5 Å². The highest BCUT2D eigenvalue weighted by atomic mass is 35.5. The molecule has 1 aromatic carbocycles. The van der Waals surface area contributed by atoms with Crippen molar-refractivity contribution >= 4 is 77.2 Å². The van der Waals surface area contributed by atoms with Crippen LogP contribution < -0.4 is 4.90 Å². The second-order valence-electron chi connectivity index (χ2n) is 9.04. The van der Waals surface area contributed by atoms with Gasteiger partial charge in [-0.2, -0.15) is 9.40 Å². The standard InChI is InChI=1S/C24H25Cl2N5O3S3/c1-14-11-17(25)13-19-22(14)27-24(35-19)29(9-10-30-16(3)12-15(2)28-30)23(32)18-5-4-8-31(18)37(33,34)21-7-6-20(26)36-21/h6-7,11-13,18H,4-5,8-10H2,1-3H3. The second-order valence-corrected chi connectivity index (χ2v) is 14.3. The van der Waals surface area contributed by atoms with E-state index in [4.69, 9.17) is 28.2 Å². The lowest BCUT2D eigenvalue weighted by atomic mass is 10.2. The maximum Gasteiger partial charge on any atom is 0.253 e. The lowest BCUT2D eigenvalue weighted by Crippen LogP contribution is -2.48. The third-order valence-corrected chi connectivity index (χ3v) is 11.2. The molecular formula is C24H25Cl2N5O3S3. The van der Waals surface area contributed by atoms with E-state index in [0.717, 1.165) is 38.5 Å². The molecule has 37 heavy (non-hydrogen) atoms. The van der Waals surface area contributed by atoms with Crippen LogP contribution in [0.4, 0.5) is 5.13 Å². The molecule has 5 rings (SSSR count). The summed E-state index contributed by atoms with van der Waals surface area (Å²) in [6.07, 6.45) is 1.03. The fraction of sp³-hybridized carbons (Fsp3) is 0.375. The fourth-order valence-electron chi connectivity index (χ4n) is 4.66. The number of sulfonamides is 1. The van der Waals surface area contributed by atoms with Crippen molar-refractivity contribution in [2.75, 3.05) is 18.0 Å². The maximum absolute atomic E-state index is 14.1. The van der Waals surface area contributed by atoms with Crippen molar-refractivity contribution in [3.8, 4) is 0 Å². The molecule has 196 valence electrons. The van der Waals surface area contributed by atoms with E-state index in [1.54, 1.807) is 11.0 Å². The summed E-state index contributed by atoms with van der Waals surface area (Å²) < 4.78 is 31.4. The molecular weight excluding hydrogens is 573 g/mol. The molecule has 1 aliphatic rings. The van der Waals surface area contributed by atoms with Gasteiger partial charge in [0.1, 0.15) is 10.3 Å². The normalized spacial score (nSPS) is 16.6. The van der Waals surface area contributed by atoms with Gasteiger partial charge in [0.2, 0.25) is 5.91 Å². The summed E-state index contributed by atoms with van der Waals surface area (Å²) in [5, 5.41) is 5.63. The van der Waals surface area contributed by atoms with E-state index in [9.17, 15) is 13.2 Å². The number of thiazole rings is 1. The number of fused-ring (bicyclic) bond motifs is 1. The summed E-state index contributed by atoms with van der Waals surface area (Å²) in [5.41, 5.74) is 3.56. The molecule has 13 heteroatoms. The third-order valence-electron chi connectivity index (χ3n) is 6.37. The van der Waals surface area contributed by atoms with Crippen LogP contribution in [0.2, 0.25) is 9.36 Å². The molecule has 1 aliphatic heterocycles. The lowest BCUT2D eigenvalue weighted by molar-refractivity contribution is -0.121. The molecule has 0 bridgehead atoms. The molecule has 0 saturated carbocycles. The number of carbonyl (C=O) groups is 1. The molecule has 8 nitrogen and oxygen atoms in total. The molecule has 0 N–H and O–H groups in total. The second kappa shape index (κ2) is 10.3. The predicted molar refractivity (Wildman–Crippen MR) is 150 cm³/mol. The van der Waals surface area contributed by atoms with Gasteiger partial charge in [0.15, 0.2) is 5.13 Å². The number of thiophene rings is 1. The molecule has 1 unspecified atom stereocenters. The van der Waals surface area contributed by atoms with Gasteiger partial charge in [-0.25, -0.2) is 13.4 Å². The average molecular weight is 599 g/mol. The molecule has 3 aromatic heterocycles. The van der Waals surface area contributed by atoms with Gasteiger partial charge in [-0.05, 0) is 69.5 Å². The van der Waals surface area contributed by atoms with Crippen molar-refractivity contribution < 1.29 is 13.2 Å². The minimum atomic E-state index is -3.87. The van der Waals surface area contributed by atoms with Gasteiger partial charge in [-0.1, -0.05) is 34.5 Å². The van der Waals surface area contributed by atoms with Crippen molar-refractivity contribution in [1.82, 2.24) is 19.1 Å². The van der Waals surface area contributed by atoms with Gasteiger partial charge in [-0.3, -0.25) is 14.4 Å². The lowest BCUT2D eigenvalue weighted by Gasteiger charge is -2.28. The Hall–Kier alpha value is -2.02. The molecule has 1 fully saturated rings. The van der Waals surface area contributed by atoms with Crippen LogP contribution in [-0.2, 0) is 21.4 Å². The number of anilines is 1. The van der Waals surface area contributed by atoms with Crippen LogP contribution in [0.25, 0.3) is 10.2 Å². The predicted octanol–water partition coefficient (Wildman–Crippen LogP) is 5.67. The van der Waals surface area contributed by atoms with E-state index >= 15 is 0 Å². The number of nitrogens with zero attached hydrogens (tertiary/aromatic N) is 5. The smallest absolute Gasteiger partial charge is 0.253 e. The third kappa shape index (κ3) is 5.17. The number of halogens is 2. The van der Waals surface area contributed by atoms with Crippen LogP contribution in [0.1, 0.15) is 29.8 Å². The first-order valence-corrected chi connectivity index (χ1v) is 15.5. The summed E-state index contributed by atoms with van der Waals surface area (Å²) >= 11 is 14.7. The number of aromatic nitrogens is 3. The molecule has 4 heterocycles. The van der Waals surface area contributed by atoms with Crippen molar-refractivity contribution in [2.45, 2.75) is 50.4 Å². The first-order valence-electron chi connectivity index (χ1n) is 11.7. The van der Waals surface area contributed by atoms with Gasteiger partial charge in [0.05, 0.1) is 26.8 Å². The number of aryl methyl sites for hydroxylation is 3. The number of hydrogen-bond acceptors (Lipinski definition) is 7. The fourth-order valence-corrected chi connectivity index (χ4v) is 9.38. The van der Waals surface area contributed by atoms with E-state index < -0.39 is 16.1 Å². The molecule has 1 atom stereocenters. The highest BCUT2D eigenvalue weighted by molar-refractivity contribution is 7.91. The van der Waals surface area contributed by atoms with Gasteiger partial charge in [0.25, 0.3) is 10.0 Å². The van der Waals surface area contributed by atoms with E-state index in [2.05, 4.69) is 5.10 Å². The Labute approximate surface area is 233 Å². The molecule has 4 aromatic rings. The summed E-state index contributed by atoms with van der Waals surface area (Å²) in [4.78, 5) is 20.5. The minimum absolute atomic E-state index is 0.136. The van der Waals surface area contributed by atoms with Crippen molar-refractivity contribution in [3.05, 3.63) is 56.6 Å². The van der Waals surface area contributed by atoms with Gasteiger partial charge < -0.3 is 0 Å². The van der Waals surface area contributed by atoms with E-state index in [-0.39, 0.29) is 16.7 Å². The van der Waals surface area contributed by atoms with Crippen LogP contribution >= 0.6 is 45.9 Å². The first-order chi connectivity index (χ1) is 17.5. The molecule has 1 saturated heterocycles. The van der Waals surface area contributed by atoms with Gasteiger partial charge in [0, 0.05) is 23.8 Å². The Morgan fingerprint density at radius 1 is 1.16 bits per heavy atom. The van der Waals surface area contributed by atoms with Gasteiger partial charge >= 0.3 is 0 Å². The Morgan fingerprint density at radius 3 is 2.62 bits per heavy atom. The molecule has 0 spiro atoms. The van der Waals surface area contributed by atoms with E-state index in [1.165, 1.54) is 21.7 Å². The number of hydrogen-bond donors (Lipinski definition) is 0. The Morgan fingerprint density at radius 2 is 1.95 bits per heavy atom. The Bertz CT molecular complexity index is 1590. The number of amides is 1. The summed E-state index contributed by atoms with van der Waals surface area (Å²) in [6.45, 7) is 6.83. The van der Waals surface area contributed by atoms with Crippen molar-refractivity contribution in [3.63, 3.8) is 0 Å². The van der Waals surface area contributed by atoms with Crippen LogP contribution in [0.3, 0.4) is 0 Å². The Balaban J connectivity index is 1.51. The Kier molecular flexibility index (Phi) is 7.38. The van der Waals surface area contributed by atoms with Crippen molar-refractivity contribution in [1.29, 1.82) is 0 Å². The van der Waals surface area contributed by atoms with Crippen LogP contribution in [0.5, 0.6) is 0 Å². The minimum Gasteiger partial charge on any atom is -0.285 e. The topological polar surface area (TPSA) is 88.4 Å². The van der Waals surface area contributed by atoms with Gasteiger partial charge in [-0.15, -0.1) is 11.3 Å². The zero-order chi connectivity index (χ0) is 26.5. The monoisotopic (exact) mass is 597 g/mol. The highest BCUT2D eigenvalue weighted by Gasteiger charge is 2.42.